The minimum Gasteiger partial charge on any atom is -0.463 e. The first kappa shape index (κ1) is 24.0. The molecule has 0 saturated carbocycles. The molecule has 0 amide bonds. The monoisotopic (exact) mass is 447 g/mol. The number of hydrogen-bond donors (Lipinski definition) is 2. The first-order chi connectivity index (χ1) is 13.6. The molecule has 0 spiro atoms. The predicted molar refractivity (Wildman–Crippen MR) is 112 cm³/mol. The fourth-order valence-corrected chi connectivity index (χ4v) is 4.66. The van der Waals surface area contributed by atoms with Crippen LogP contribution in [0.1, 0.15) is 33.1 Å². The molecule has 29 heavy (non-hydrogen) atoms. The molecule has 2 aliphatic heterocycles. The molecule has 164 valence electrons. The standard InChI is InChI=1S/C18H29N3O6S2/c1-5-25-13(22)12(2)10-17-11-16(19,6-8-28-3)14(23)26-21(17)27-15(24)18(17,20)7-9-29-4/h10H,5-9,11,19-20H2,1-4H3/b12-10+. The van der Waals surface area contributed by atoms with E-state index in [0.29, 0.717) is 17.9 Å². The van der Waals surface area contributed by atoms with Crippen molar-refractivity contribution >= 4 is 41.4 Å². The Kier molecular flexibility index (Phi) is 7.66. The molecule has 0 aromatic carbocycles. The first-order valence-electron chi connectivity index (χ1n) is 9.27. The van der Waals surface area contributed by atoms with Crippen molar-refractivity contribution in [3.63, 3.8) is 0 Å². The van der Waals surface area contributed by atoms with E-state index < -0.39 is 34.5 Å². The van der Waals surface area contributed by atoms with Crippen LogP contribution in [0.15, 0.2) is 11.6 Å². The summed E-state index contributed by atoms with van der Waals surface area (Å²) in [7, 11) is 0. The minimum absolute atomic E-state index is 0.0350. The Hall–Kier alpha value is -1.27. The van der Waals surface area contributed by atoms with Gasteiger partial charge in [-0.3, -0.25) is 0 Å². The number of nitrogens with two attached hydrogens (primary N) is 2. The van der Waals surface area contributed by atoms with Gasteiger partial charge in [-0.05, 0) is 56.8 Å². The van der Waals surface area contributed by atoms with Crippen molar-refractivity contribution in [2.24, 2.45) is 11.5 Å². The molecule has 9 nitrogen and oxygen atoms in total. The molecular formula is C18H29N3O6S2. The van der Waals surface area contributed by atoms with Crippen LogP contribution in [-0.4, -0.2) is 70.4 Å². The Morgan fingerprint density at radius 1 is 1.17 bits per heavy atom. The van der Waals surface area contributed by atoms with E-state index in [2.05, 4.69) is 0 Å². The number of hydrogen-bond acceptors (Lipinski definition) is 11. The number of fused-ring (bicyclic) bond motifs is 1. The zero-order chi connectivity index (χ0) is 21.9. The molecule has 2 saturated heterocycles. The van der Waals surface area contributed by atoms with Gasteiger partial charge in [-0.15, -0.1) is 0 Å². The van der Waals surface area contributed by atoms with Crippen LogP contribution >= 0.6 is 23.5 Å². The molecule has 0 aromatic heterocycles. The normalized spacial score (nSPS) is 32.6. The van der Waals surface area contributed by atoms with E-state index in [0.717, 1.165) is 5.23 Å². The summed E-state index contributed by atoms with van der Waals surface area (Å²) in [6.07, 6.45) is 5.82. The molecule has 4 N–H and O–H groups in total. The fraction of sp³-hybridized carbons (Fsp3) is 0.722. The largest absolute Gasteiger partial charge is 0.463 e. The van der Waals surface area contributed by atoms with Crippen LogP contribution in [0.3, 0.4) is 0 Å². The lowest BCUT2D eigenvalue weighted by Crippen LogP contribution is -2.72. The van der Waals surface area contributed by atoms with Gasteiger partial charge in [0.15, 0.2) is 0 Å². The van der Waals surface area contributed by atoms with E-state index in [4.69, 9.17) is 25.9 Å². The number of esters is 1. The van der Waals surface area contributed by atoms with Gasteiger partial charge < -0.3 is 25.9 Å². The van der Waals surface area contributed by atoms with Gasteiger partial charge in [0.2, 0.25) is 0 Å². The van der Waals surface area contributed by atoms with Crippen molar-refractivity contribution in [3.8, 4) is 0 Å². The average molecular weight is 448 g/mol. The zero-order valence-electron chi connectivity index (χ0n) is 17.2. The van der Waals surface area contributed by atoms with Crippen molar-refractivity contribution in [3.05, 3.63) is 11.6 Å². The summed E-state index contributed by atoms with van der Waals surface area (Å²) in [4.78, 5) is 48.3. The van der Waals surface area contributed by atoms with Crippen LogP contribution in [-0.2, 0) is 28.8 Å². The molecular weight excluding hydrogens is 418 g/mol. The van der Waals surface area contributed by atoms with E-state index >= 15 is 0 Å². The molecule has 0 aromatic rings. The topological polar surface area (TPSA) is 134 Å². The predicted octanol–water partition coefficient (Wildman–Crippen LogP) is 0.772. The van der Waals surface area contributed by atoms with Crippen LogP contribution in [0.4, 0.5) is 0 Å². The maximum Gasteiger partial charge on any atom is 0.351 e. The molecule has 3 unspecified atom stereocenters. The maximum atomic E-state index is 12.8. The van der Waals surface area contributed by atoms with Gasteiger partial charge in [-0.25, -0.2) is 14.4 Å². The lowest BCUT2D eigenvalue weighted by atomic mass is 9.67. The number of carbonyl (C=O) groups is 3. The zero-order valence-corrected chi connectivity index (χ0v) is 18.8. The second-order valence-corrected chi connectivity index (χ2v) is 9.25. The van der Waals surface area contributed by atoms with Crippen molar-refractivity contribution in [2.45, 2.75) is 49.7 Å². The summed E-state index contributed by atoms with van der Waals surface area (Å²) in [6.45, 7) is 3.44. The number of carbonyl (C=O) groups excluding carboxylic acids is 3. The van der Waals surface area contributed by atoms with Crippen LogP contribution < -0.4 is 11.5 Å². The second kappa shape index (κ2) is 9.25. The van der Waals surface area contributed by atoms with Crippen LogP contribution in [0.5, 0.6) is 0 Å². The Morgan fingerprint density at radius 3 is 2.34 bits per heavy atom. The van der Waals surface area contributed by atoms with Gasteiger partial charge in [0.05, 0.1) is 6.61 Å². The molecule has 2 rings (SSSR count). The number of rotatable bonds is 9. The molecule has 2 aliphatic rings. The highest BCUT2D eigenvalue weighted by Gasteiger charge is 2.71. The lowest BCUT2D eigenvalue weighted by molar-refractivity contribution is -0.356. The molecule has 3 atom stereocenters. The Bertz CT molecular complexity index is 705. The molecule has 2 fully saturated rings. The maximum absolute atomic E-state index is 12.8. The number of nitrogens with zero attached hydrogens (tertiary/aromatic N) is 1. The fourth-order valence-electron chi connectivity index (χ4n) is 3.57. The molecule has 0 radical (unpaired) electrons. The van der Waals surface area contributed by atoms with E-state index in [1.54, 1.807) is 13.8 Å². The summed E-state index contributed by atoms with van der Waals surface area (Å²) < 4.78 is 5.07. The lowest BCUT2D eigenvalue weighted by Gasteiger charge is -2.47. The molecule has 2 heterocycles. The summed E-state index contributed by atoms with van der Waals surface area (Å²) in [6, 6.07) is 0. The van der Waals surface area contributed by atoms with Crippen molar-refractivity contribution in [2.75, 3.05) is 30.6 Å². The van der Waals surface area contributed by atoms with E-state index in [1.807, 2.05) is 12.5 Å². The van der Waals surface area contributed by atoms with E-state index in [1.165, 1.54) is 29.6 Å². The Balaban J connectivity index is 2.59. The number of thioether (sulfide) groups is 2. The number of hydroxylamine groups is 2. The van der Waals surface area contributed by atoms with Crippen LogP contribution in [0.25, 0.3) is 0 Å². The third-order valence-electron chi connectivity index (χ3n) is 5.29. The van der Waals surface area contributed by atoms with E-state index in [9.17, 15) is 14.4 Å². The first-order valence-corrected chi connectivity index (χ1v) is 12.1. The van der Waals surface area contributed by atoms with Gasteiger partial charge in [0.25, 0.3) is 0 Å². The SMILES string of the molecule is CCOC(=O)/C(C)=C/C12CC(N)(CCSC)C(=O)ON1OC(=O)C2(N)CCSC. The van der Waals surface area contributed by atoms with Gasteiger partial charge in [0, 0.05) is 17.2 Å². The molecule has 0 bridgehead atoms. The summed E-state index contributed by atoms with van der Waals surface area (Å²) in [5.41, 5.74) is 8.91. The Labute approximate surface area is 179 Å². The quantitative estimate of drug-likeness (QED) is 0.383. The van der Waals surface area contributed by atoms with Gasteiger partial charge >= 0.3 is 17.9 Å². The third-order valence-corrected chi connectivity index (χ3v) is 6.52. The Morgan fingerprint density at radius 2 is 1.76 bits per heavy atom. The van der Waals surface area contributed by atoms with Crippen molar-refractivity contribution in [1.29, 1.82) is 0 Å². The highest BCUT2D eigenvalue weighted by molar-refractivity contribution is 7.98. The van der Waals surface area contributed by atoms with Crippen LogP contribution in [0.2, 0.25) is 0 Å². The highest BCUT2D eigenvalue weighted by Crippen LogP contribution is 2.49. The van der Waals surface area contributed by atoms with Gasteiger partial charge in [0.1, 0.15) is 16.6 Å². The third kappa shape index (κ3) is 4.29. The second-order valence-electron chi connectivity index (χ2n) is 7.28. The van der Waals surface area contributed by atoms with Crippen LogP contribution in [0, 0.1) is 0 Å². The van der Waals surface area contributed by atoms with Crippen molar-refractivity contribution < 1.29 is 28.8 Å². The van der Waals surface area contributed by atoms with Gasteiger partial charge in [-0.2, -0.15) is 23.5 Å². The highest BCUT2D eigenvalue weighted by atomic mass is 32.2. The van der Waals surface area contributed by atoms with E-state index in [-0.39, 0.29) is 25.0 Å². The molecule has 0 aliphatic carbocycles. The van der Waals surface area contributed by atoms with Gasteiger partial charge in [-0.1, -0.05) is 0 Å². The minimum atomic E-state index is -1.56. The number of ether oxygens (including phenoxy) is 1. The van der Waals surface area contributed by atoms with Crippen molar-refractivity contribution in [1.82, 2.24) is 5.23 Å². The molecule has 11 heteroatoms. The average Bonchev–Trinajstić information content (AvgIpc) is 2.86. The summed E-state index contributed by atoms with van der Waals surface area (Å²) in [5.74, 6) is -0.826. The summed E-state index contributed by atoms with van der Waals surface area (Å²) in [5, 5.41) is 0.824. The smallest absolute Gasteiger partial charge is 0.351 e. The summed E-state index contributed by atoms with van der Waals surface area (Å²) >= 11 is 3.05.